The molecule has 0 saturated carbocycles. The highest BCUT2D eigenvalue weighted by molar-refractivity contribution is 6.16. The summed E-state index contributed by atoms with van der Waals surface area (Å²) in [5, 5.41) is 2.59. The van der Waals surface area contributed by atoms with Gasteiger partial charge in [0.15, 0.2) is 0 Å². The van der Waals surface area contributed by atoms with Crippen molar-refractivity contribution in [1.29, 1.82) is 0 Å². The summed E-state index contributed by atoms with van der Waals surface area (Å²) in [6.07, 6.45) is 0. The second-order valence-electron chi connectivity index (χ2n) is 6.90. The summed E-state index contributed by atoms with van der Waals surface area (Å²) in [7, 11) is 0. The molecule has 0 bridgehead atoms. The molecule has 4 amide bonds. The van der Waals surface area contributed by atoms with E-state index < -0.39 is 36.4 Å². The molecule has 1 atom stereocenters. The molecule has 0 aromatic heterocycles. The van der Waals surface area contributed by atoms with Crippen LogP contribution in [0.25, 0.3) is 0 Å². The van der Waals surface area contributed by atoms with Crippen LogP contribution >= 0.6 is 0 Å². The van der Waals surface area contributed by atoms with Crippen molar-refractivity contribution in [2.24, 2.45) is 0 Å². The van der Waals surface area contributed by atoms with E-state index in [0.29, 0.717) is 5.69 Å². The monoisotopic (exact) mass is 409 g/mol. The first-order valence-electron chi connectivity index (χ1n) is 9.60. The molecule has 156 valence electrons. The second-order valence-corrected chi connectivity index (χ2v) is 6.90. The number of benzene rings is 2. The number of imide groups is 1. The van der Waals surface area contributed by atoms with Crippen LogP contribution in [0.1, 0.15) is 29.8 Å². The van der Waals surface area contributed by atoms with Crippen molar-refractivity contribution in [3.63, 3.8) is 0 Å². The number of nitrogens with zero attached hydrogens (tertiary/aromatic N) is 2. The number of nitrogens with one attached hydrogen (secondary N) is 1. The number of esters is 1. The molecule has 0 spiro atoms. The van der Waals surface area contributed by atoms with Crippen molar-refractivity contribution in [2.45, 2.75) is 26.8 Å². The Balaban J connectivity index is 1.74. The van der Waals surface area contributed by atoms with Crippen molar-refractivity contribution in [3.8, 4) is 0 Å². The van der Waals surface area contributed by atoms with Gasteiger partial charge in [-0.05, 0) is 45.0 Å². The molecule has 8 heteroatoms. The van der Waals surface area contributed by atoms with Gasteiger partial charge in [0.25, 0.3) is 5.91 Å². The molecule has 8 nitrogen and oxygen atoms in total. The third-order valence-electron chi connectivity index (χ3n) is 4.76. The lowest BCUT2D eigenvalue weighted by Gasteiger charge is -2.19. The smallest absolute Gasteiger partial charge is 0.340 e. The number of urea groups is 1. The van der Waals surface area contributed by atoms with Crippen LogP contribution in [-0.4, -0.2) is 47.9 Å². The number of anilines is 2. The third-order valence-corrected chi connectivity index (χ3v) is 4.76. The van der Waals surface area contributed by atoms with Gasteiger partial charge in [-0.25, -0.2) is 9.59 Å². The molecular weight excluding hydrogens is 386 g/mol. The van der Waals surface area contributed by atoms with Crippen molar-refractivity contribution >= 4 is 35.2 Å². The van der Waals surface area contributed by atoms with Crippen LogP contribution in [-0.2, 0) is 14.3 Å². The molecule has 1 aliphatic heterocycles. The van der Waals surface area contributed by atoms with Gasteiger partial charge >= 0.3 is 12.0 Å². The van der Waals surface area contributed by atoms with E-state index in [2.05, 4.69) is 5.32 Å². The molecule has 2 aromatic rings. The highest BCUT2D eigenvalue weighted by Gasteiger charge is 2.44. The molecule has 1 saturated heterocycles. The summed E-state index contributed by atoms with van der Waals surface area (Å²) in [5.74, 6) is -1.62. The van der Waals surface area contributed by atoms with Crippen molar-refractivity contribution < 1.29 is 23.9 Å². The summed E-state index contributed by atoms with van der Waals surface area (Å²) in [4.78, 5) is 52.4. The van der Waals surface area contributed by atoms with Gasteiger partial charge < -0.3 is 10.1 Å². The fourth-order valence-electron chi connectivity index (χ4n) is 3.22. The van der Waals surface area contributed by atoms with E-state index in [4.69, 9.17) is 4.74 Å². The number of ether oxygens (including phenoxy) is 1. The van der Waals surface area contributed by atoms with Gasteiger partial charge in [0.05, 0.1) is 17.9 Å². The molecule has 3 rings (SSSR count). The SMILES string of the molecule is CCOC(=O)c1ccccc1NC(=O)CN1C(=O)C(C)N(c2ccc(C)cc2)C1=O. The van der Waals surface area contributed by atoms with E-state index in [9.17, 15) is 19.2 Å². The van der Waals surface area contributed by atoms with Crippen LogP contribution in [0.2, 0.25) is 0 Å². The Kier molecular flexibility index (Phi) is 6.15. The number of carbonyl (C=O) groups is 4. The maximum Gasteiger partial charge on any atom is 0.340 e. The van der Waals surface area contributed by atoms with Gasteiger partial charge in [0.2, 0.25) is 5.91 Å². The van der Waals surface area contributed by atoms with Crippen molar-refractivity contribution in [3.05, 3.63) is 59.7 Å². The van der Waals surface area contributed by atoms with E-state index >= 15 is 0 Å². The maximum absolute atomic E-state index is 12.8. The van der Waals surface area contributed by atoms with Crippen molar-refractivity contribution in [1.82, 2.24) is 4.90 Å². The average molecular weight is 409 g/mol. The lowest BCUT2D eigenvalue weighted by atomic mass is 10.2. The van der Waals surface area contributed by atoms with E-state index in [1.807, 2.05) is 19.1 Å². The van der Waals surface area contributed by atoms with Gasteiger partial charge in [-0.3, -0.25) is 19.4 Å². The molecule has 1 aliphatic rings. The normalized spacial score (nSPS) is 16.0. The zero-order chi connectivity index (χ0) is 21.8. The van der Waals surface area contributed by atoms with Crippen LogP contribution in [0.4, 0.5) is 16.2 Å². The fourth-order valence-corrected chi connectivity index (χ4v) is 3.22. The first-order valence-corrected chi connectivity index (χ1v) is 9.60. The zero-order valence-corrected chi connectivity index (χ0v) is 17.0. The molecule has 0 radical (unpaired) electrons. The Hall–Kier alpha value is -3.68. The topological polar surface area (TPSA) is 96.0 Å². The van der Waals surface area contributed by atoms with Crippen LogP contribution in [0, 0.1) is 6.92 Å². The Bertz CT molecular complexity index is 987. The van der Waals surface area contributed by atoms with Crippen LogP contribution in [0.5, 0.6) is 0 Å². The number of carbonyl (C=O) groups excluding carboxylic acids is 4. The minimum atomic E-state index is -0.722. The number of amides is 4. The molecule has 0 aliphatic carbocycles. The molecule has 2 aromatic carbocycles. The van der Waals surface area contributed by atoms with E-state index in [1.54, 1.807) is 44.2 Å². The Labute approximate surface area is 174 Å². The number of hydrogen-bond donors (Lipinski definition) is 1. The van der Waals surface area contributed by atoms with Crippen molar-refractivity contribution in [2.75, 3.05) is 23.4 Å². The summed E-state index contributed by atoms with van der Waals surface area (Å²) >= 11 is 0. The van der Waals surface area contributed by atoms with Gasteiger partial charge in [0, 0.05) is 5.69 Å². The van der Waals surface area contributed by atoms with Gasteiger partial charge in [-0.1, -0.05) is 29.8 Å². The average Bonchev–Trinajstić information content (AvgIpc) is 2.92. The van der Waals surface area contributed by atoms with Gasteiger partial charge in [-0.15, -0.1) is 0 Å². The fraction of sp³-hybridized carbons (Fsp3) is 0.273. The van der Waals surface area contributed by atoms with E-state index in [-0.39, 0.29) is 17.9 Å². The molecule has 1 N–H and O–H groups in total. The largest absolute Gasteiger partial charge is 0.462 e. The Morgan fingerprint density at radius 2 is 1.73 bits per heavy atom. The zero-order valence-electron chi connectivity index (χ0n) is 17.0. The first-order chi connectivity index (χ1) is 14.3. The Morgan fingerprint density at radius 3 is 2.40 bits per heavy atom. The maximum atomic E-state index is 12.8. The summed E-state index contributed by atoms with van der Waals surface area (Å²) in [6, 6.07) is 12.3. The number of rotatable bonds is 6. The van der Waals surface area contributed by atoms with Crippen LogP contribution in [0.15, 0.2) is 48.5 Å². The van der Waals surface area contributed by atoms with Crippen LogP contribution < -0.4 is 10.2 Å². The van der Waals surface area contributed by atoms with Gasteiger partial charge in [-0.2, -0.15) is 0 Å². The number of aryl methyl sites for hydroxylation is 1. The number of hydrogen-bond acceptors (Lipinski definition) is 5. The van der Waals surface area contributed by atoms with Crippen LogP contribution in [0.3, 0.4) is 0 Å². The summed E-state index contributed by atoms with van der Waals surface area (Å²) in [6.45, 7) is 4.97. The number of para-hydroxylation sites is 1. The minimum absolute atomic E-state index is 0.196. The molecular formula is C22H23N3O5. The molecule has 1 fully saturated rings. The predicted molar refractivity (Wildman–Crippen MR) is 111 cm³/mol. The standard InChI is InChI=1S/C22H23N3O5/c1-4-30-21(28)17-7-5-6-8-18(17)23-19(26)13-24-20(27)15(3)25(22(24)29)16-11-9-14(2)10-12-16/h5-12,15H,4,13H2,1-3H3,(H,23,26). The lowest BCUT2D eigenvalue weighted by Crippen LogP contribution is -2.39. The highest BCUT2D eigenvalue weighted by Crippen LogP contribution is 2.26. The molecule has 30 heavy (non-hydrogen) atoms. The summed E-state index contributed by atoms with van der Waals surface area (Å²) in [5.41, 5.74) is 2.06. The van der Waals surface area contributed by atoms with E-state index in [1.165, 1.54) is 11.0 Å². The van der Waals surface area contributed by atoms with E-state index in [0.717, 1.165) is 10.5 Å². The predicted octanol–water partition coefficient (Wildman–Crippen LogP) is 2.97. The lowest BCUT2D eigenvalue weighted by molar-refractivity contribution is -0.130. The first kappa shape index (κ1) is 21.0. The Morgan fingerprint density at radius 1 is 1.07 bits per heavy atom. The quantitative estimate of drug-likeness (QED) is 0.585. The van der Waals surface area contributed by atoms with Gasteiger partial charge in [0.1, 0.15) is 12.6 Å². The molecule has 1 heterocycles. The summed E-state index contributed by atoms with van der Waals surface area (Å²) < 4.78 is 4.99. The highest BCUT2D eigenvalue weighted by atomic mass is 16.5. The molecule has 1 unspecified atom stereocenters. The minimum Gasteiger partial charge on any atom is -0.462 e. The third kappa shape index (κ3) is 4.17. The second kappa shape index (κ2) is 8.77.